The van der Waals surface area contributed by atoms with Crippen molar-refractivity contribution in [3.63, 3.8) is 0 Å². The molecule has 1 aromatic carbocycles. The summed E-state index contributed by atoms with van der Waals surface area (Å²) in [5, 5.41) is 19.3. The van der Waals surface area contributed by atoms with Crippen LogP contribution >= 0.6 is 11.6 Å². The number of aliphatic hydroxyl groups excluding tert-OH is 1. The lowest BCUT2D eigenvalue weighted by Gasteiger charge is -2.22. The summed E-state index contributed by atoms with van der Waals surface area (Å²) in [5.74, 6) is 0.232. The Hall–Kier alpha value is -0.730. The van der Waals surface area contributed by atoms with Crippen LogP contribution in [0.3, 0.4) is 0 Å². The number of phenols is 1. The maximum Gasteiger partial charge on any atom is 0.118 e. The average molecular weight is 215 g/mol. The second kappa shape index (κ2) is 4.20. The predicted octanol–water partition coefficient (Wildman–Crippen LogP) is 2.61. The quantitative estimate of drug-likeness (QED) is 0.812. The van der Waals surface area contributed by atoms with Crippen molar-refractivity contribution in [3.05, 3.63) is 28.8 Å². The molecule has 0 aliphatic rings. The highest BCUT2D eigenvalue weighted by atomic mass is 35.5. The summed E-state index contributed by atoms with van der Waals surface area (Å²) < 4.78 is 0. The van der Waals surface area contributed by atoms with E-state index in [1.54, 1.807) is 18.2 Å². The highest BCUT2D eigenvalue weighted by Crippen LogP contribution is 2.28. The van der Waals surface area contributed by atoms with E-state index in [-0.39, 0.29) is 17.8 Å². The zero-order valence-corrected chi connectivity index (χ0v) is 9.17. The Labute approximate surface area is 89.1 Å². The number of benzene rings is 1. The van der Waals surface area contributed by atoms with Gasteiger partial charge in [-0.3, -0.25) is 0 Å². The molecule has 0 atom stereocenters. The smallest absolute Gasteiger partial charge is 0.118 e. The van der Waals surface area contributed by atoms with Crippen molar-refractivity contribution in [2.75, 3.05) is 6.61 Å². The molecule has 2 nitrogen and oxygen atoms in total. The molecule has 0 aromatic heterocycles. The Morgan fingerprint density at radius 1 is 1.36 bits per heavy atom. The molecule has 0 amide bonds. The van der Waals surface area contributed by atoms with Gasteiger partial charge >= 0.3 is 0 Å². The molecule has 1 aromatic rings. The second-order valence-corrected chi connectivity index (χ2v) is 4.71. The molecule has 0 unspecified atom stereocenters. The SMILES string of the molecule is CC(C)(CO)Cc1cc(Cl)ccc1O. The van der Waals surface area contributed by atoms with Gasteiger partial charge in [-0.05, 0) is 35.6 Å². The van der Waals surface area contributed by atoms with E-state index < -0.39 is 0 Å². The standard InChI is InChI=1S/C11H15ClO2/c1-11(2,7-13)6-8-5-9(12)3-4-10(8)14/h3-5,13-14H,6-7H2,1-2H3. The average Bonchev–Trinajstić information content (AvgIpc) is 2.11. The Morgan fingerprint density at radius 3 is 2.57 bits per heavy atom. The maximum atomic E-state index is 9.55. The number of phenolic OH excluding ortho intramolecular Hbond substituents is 1. The van der Waals surface area contributed by atoms with Crippen LogP contribution in [-0.4, -0.2) is 16.8 Å². The lowest BCUT2D eigenvalue weighted by Crippen LogP contribution is -2.19. The molecule has 0 fully saturated rings. The number of hydrogen-bond acceptors (Lipinski definition) is 2. The van der Waals surface area contributed by atoms with E-state index in [0.29, 0.717) is 11.4 Å². The molecule has 0 saturated heterocycles. The van der Waals surface area contributed by atoms with E-state index >= 15 is 0 Å². The first-order chi connectivity index (χ1) is 6.44. The predicted molar refractivity (Wildman–Crippen MR) is 57.7 cm³/mol. The van der Waals surface area contributed by atoms with Crippen LogP contribution in [0.25, 0.3) is 0 Å². The van der Waals surface area contributed by atoms with Crippen molar-refractivity contribution in [1.29, 1.82) is 0 Å². The van der Waals surface area contributed by atoms with Gasteiger partial charge in [0.25, 0.3) is 0 Å². The van der Waals surface area contributed by atoms with Crippen molar-refractivity contribution >= 4 is 11.6 Å². The Bertz CT molecular complexity index is 321. The maximum absolute atomic E-state index is 9.55. The fraction of sp³-hybridized carbons (Fsp3) is 0.455. The third kappa shape index (κ3) is 2.89. The topological polar surface area (TPSA) is 40.5 Å². The number of rotatable bonds is 3. The van der Waals surface area contributed by atoms with Gasteiger partial charge in [-0.15, -0.1) is 0 Å². The summed E-state index contributed by atoms with van der Waals surface area (Å²) in [5.41, 5.74) is 0.541. The lowest BCUT2D eigenvalue weighted by atomic mass is 9.86. The van der Waals surface area contributed by atoms with Gasteiger partial charge in [0.05, 0.1) is 0 Å². The van der Waals surface area contributed by atoms with Gasteiger partial charge in [0, 0.05) is 11.6 Å². The van der Waals surface area contributed by atoms with Crippen LogP contribution in [0.15, 0.2) is 18.2 Å². The van der Waals surface area contributed by atoms with Crippen molar-refractivity contribution in [1.82, 2.24) is 0 Å². The fourth-order valence-corrected chi connectivity index (χ4v) is 1.46. The molecule has 14 heavy (non-hydrogen) atoms. The number of aliphatic hydroxyl groups is 1. The molecule has 0 saturated carbocycles. The van der Waals surface area contributed by atoms with Crippen molar-refractivity contribution in [2.45, 2.75) is 20.3 Å². The van der Waals surface area contributed by atoms with Crippen molar-refractivity contribution in [3.8, 4) is 5.75 Å². The largest absolute Gasteiger partial charge is 0.508 e. The summed E-state index contributed by atoms with van der Waals surface area (Å²) in [6, 6.07) is 4.95. The van der Waals surface area contributed by atoms with Crippen LogP contribution in [0.2, 0.25) is 5.02 Å². The summed E-state index contributed by atoms with van der Waals surface area (Å²) in [7, 11) is 0. The molecule has 0 heterocycles. The van der Waals surface area contributed by atoms with E-state index in [1.165, 1.54) is 0 Å². The first-order valence-corrected chi connectivity index (χ1v) is 4.91. The first-order valence-electron chi connectivity index (χ1n) is 4.53. The molecular formula is C11H15ClO2. The Balaban J connectivity index is 2.91. The van der Waals surface area contributed by atoms with Crippen LogP contribution in [0, 0.1) is 5.41 Å². The second-order valence-electron chi connectivity index (χ2n) is 4.27. The molecule has 0 bridgehead atoms. The molecule has 78 valence electrons. The third-order valence-corrected chi connectivity index (χ3v) is 2.37. The lowest BCUT2D eigenvalue weighted by molar-refractivity contribution is 0.159. The molecule has 2 N–H and O–H groups in total. The zero-order valence-electron chi connectivity index (χ0n) is 8.42. The molecule has 0 aliphatic carbocycles. The molecule has 0 aliphatic heterocycles. The minimum absolute atomic E-state index is 0.0823. The highest BCUT2D eigenvalue weighted by Gasteiger charge is 2.19. The van der Waals surface area contributed by atoms with Gasteiger partial charge in [-0.1, -0.05) is 25.4 Å². The number of hydrogen-bond donors (Lipinski definition) is 2. The molecule has 0 radical (unpaired) electrons. The van der Waals surface area contributed by atoms with Gasteiger partial charge in [-0.25, -0.2) is 0 Å². The van der Waals surface area contributed by atoms with Gasteiger partial charge in [-0.2, -0.15) is 0 Å². The Kier molecular flexibility index (Phi) is 3.40. The van der Waals surface area contributed by atoms with Gasteiger partial charge in [0.1, 0.15) is 5.75 Å². The fourth-order valence-electron chi connectivity index (χ4n) is 1.27. The first kappa shape index (κ1) is 11.3. The van der Waals surface area contributed by atoms with E-state index in [9.17, 15) is 5.11 Å². The van der Waals surface area contributed by atoms with Crippen LogP contribution in [0.4, 0.5) is 0 Å². The van der Waals surface area contributed by atoms with Crippen LogP contribution in [-0.2, 0) is 6.42 Å². The van der Waals surface area contributed by atoms with Crippen LogP contribution in [0.5, 0.6) is 5.75 Å². The monoisotopic (exact) mass is 214 g/mol. The van der Waals surface area contributed by atoms with Gasteiger partial charge < -0.3 is 10.2 Å². The summed E-state index contributed by atoms with van der Waals surface area (Å²) in [4.78, 5) is 0. The highest BCUT2D eigenvalue weighted by molar-refractivity contribution is 6.30. The van der Waals surface area contributed by atoms with Crippen LogP contribution < -0.4 is 0 Å². The third-order valence-electron chi connectivity index (χ3n) is 2.14. The summed E-state index contributed by atoms with van der Waals surface area (Å²) >= 11 is 5.82. The molecule has 0 spiro atoms. The summed E-state index contributed by atoms with van der Waals surface area (Å²) in [6.07, 6.45) is 0.607. The van der Waals surface area contributed by atoms with Crippen molar-refractivity contribution in [2.24, 2.45) is 5.41 Å². The zero-order chi connectivity index (χ0) is 10.8. The number of halogens is 1. The minimum Gasteiger partial charge on any atom is -0.508 e. The van der Waals surface area contributed by atoms with Gasteiger partial charge in [0.2, 0.25) is 0 Å². The van der Waals surface area contributed by atoms with Crippen LogP contribution in [0.1, 0.15) is 19.4 Å². The molecular weight excluding hydrogens is 200 g/mol. The molecule has 1 rings (SSSR count). The van der Waals surface area contributed by atoms with E-state index in [2.05, 4.69) is 0 Å². The van der Waals surface area contributed by atoms with Gasteiger partial charge in [0.15, 0.2) is 0 Å². The minimum atomic E-state index is -0.234. The summed E-state index contributed by atoms with van der Waals surface area (Å²) in [6.45, 7) is 3.96. The Morgan fingerprint density at radius 2 is 2.00 bits per heavy atom. The van der Waals surface area contributed by atoms with E-state index in [0.717, 1.165) is 5.56 Å². The van der Waals surface area contributed by atoms with E-state index in [4.69, 9.17) is 16.7 Å². The normalized spacial score (nSPS) is 11.7. The number of aromatic hydroxyl groups is 1. The van der Waals surface area contributed by atoms with E-state index in [1.807, 2.05) is 13.8 Å². The van der Waals surface area contributed by atoms with Crippen molar-refractivity contribution < 1.29 is 10.2 Å². The molecule has 3 heteroatoms.